The fraction of sp³-hybridized carbons (Fsp3) is 0.375. The number of carboxylic acid groups (broad SMARTS) is 1. The van der Waals surface area contributed by atoms with Gasteiger partial charge in [0.15, 0.2) is 0 Å². The molecule has 2 aliphatic rings. The Morgan fingerprint density at radius 2 is 1.93 bits per heavy atom. The van der Waals surface area contributed by atoms with Gasteiger partial charge in [0.2, 0.25) is 5.88 Å². The van der Waals surface area contributed by atoms with Crippen molar-refractivity contribution < 1.29 is 19.4 Å². The van der Waals surface area contributed by atoms with Crippen molar-refractivity contribution in [3.05, 3.63) is 89.6 Å². The first kappa shape index (κ1) is 26.6. The molecule has 7 rings (SSSR count). The topological polar surface area (TPSA) is 107 Å². The van der Waals surface area contributed by atoms with Crippen LogP contribution in [0.4, 0.5) is 0 Å². The second-order valence-corrected chi connectivity index (χ2v) is 11.3. The summed E-state index contributed by atoms with van der Waals surface area (Å²) < 4.78 is 15.8. The Balaban J connectivity index is 1.03. The maximum absolute atomic E-state index is 11.7. The van der Waals surface area contributed by atoms with Gasteiger partial charge in [-0.25, -0.2) is 19.3 Å². The summed E-state index contributed by atoms with van der Waals surface area (Å²) in [6, 6.07) is 19.3. The van der Waals surface area contributed by atoms with E-state index < -0.39 is 5.97 Å². The molecular weight excluding hydrogens is 532 g/mol. The number of pyridine rings is 2. The van der Waals surface area contributed by atoms with Crippen molar-refractivity contribution in [3.63, 3.8) is 0 Å². The van der Waals surface area contributed by atoms with Crippen LogP contribution in [0.3, 0.4) is 0 Å². The molecule has 6 heterocycles. The van der Waals surface area contributed by atoms with Crippen molar-refractivity contribution in [3.8, 4) is 5.88 Å². The lowest BCUT2D eigenvalue weighted by Gasteiger charge is -2.36. The Hall–Kier alpha value is -4.28. The monoisotopic (exact) mass is 566 g/mol. The quantitative estimate of drug-likeness (QED) is 0.263. The van der Waals surface area contributed by atoms with Crippen molar-refractivity contribution in [1.82, 2.24) is 29.0 Å². The van der Waals surface area contributed by atoms with Crippen LogP contribution in [0.2, 0.25) is 0 Å². The third-order valence-electron chi connectivity index (χ3n) is 8.61. The minimum atomic E-state index is -0.931. The molecule has 4 aromatic heterocycles. The number of piperidine rings is 1. The number of imidazole rings is 1. The molecule has 10 nitrogen and oxygen atoms in total. The highest BCUT2D eigenvalue weighted by molar-refractivity contribution is 5.92. The van der Waals surface area contributed by atoms with Crippen molar-refractivity contribution in [2.45, 2.75) is 57.4 Å². The van der Waals surface area contributed by atoms with Gasteiger partial charge in [-0.15, -0.1) is 0 Å². The highest BCUT2D eigenvalue weighted by Crippen LogP contribution is 2.34. The highest BCUT2D eigenvalue weighted by Gasteiger charge is 2.30. The summed E-state index contributed by atoms with van der Waals surface area (Å²) in [6.45, 7) is 5.86. The fourth-order valence-electron chi connectivity index (χ4n) is 6.11. The van der Waals surface area contributed by atoms with E-state index in [1.807, 2.05) is 53.2 Å². The molecule has 1 aromatic carbocycles. The first-order valence-corrected chi connectivity index (χ1v) is 14.6. The molecule has 0 bridgehead atoms. The number of benzene rings is 1. The Morgan fingerprint density at radius 1 is 1.07 bits per heavy atom. The second-order valence-electron chi connectivity index (χ2n) is 11.3. The number of rotatable bonds is 9. The van der Waals surface area contributed by atoms with Gasteiger partial charge in [-0.2, -0.15) is 5.10 Å². The molecule has 2 fully saturated rings. The van der Waals surface area contributed by atoms with Crippen LogP contribution in [0.15, 0.2) is 66.9 Å². The largest absolute Gasteiger partial charge is 0.478 e. The first-order chi connectivity index (χ1) is 20.5. The van der Waals surface area contributed by atoms with Gasteiger partial charge in [0.05, 0.1) is 40.8 Å². The minimum Gasteiger partial charge on any atom is -0.478 e. The van der Waals surface area contributed by atoms with E-state index in [1.54, 1.807) is 12.1 Å². The molecule has 42 heavy (non-hydrogen) atoms. The van der Waals surface area contributed by atoms with E-state index in [-0.39, 0.29) is 17.7 Å². The van der Waals surface area contributed by atoms with Crippen LogP contribution >= 0.6 is 0 Å². The summed E-state index contributed by atoms with van der Waals surface area (Å²) in [5.41, 5.74) is 4.91. The number of carboxylic acids is 1. The van der Waals surface area contributed by atoms with E-state index in [0.29, 0.717) is 24.9 Å². The average molecular weight is 567 g/mol. The molecular formula is C32H34N6O4. The molecule has 0 saturated carbocycles. The number of fused-ring (bicyclic) bond motifs is 2. The van der Waals surface area contributed by atoms with Crippen molar-refractivity contribution in [1.29, 1.82) is 0 Å². The standard InChI is InChI=1S/C32H34N6O4/c1-21(31-34-28-9-8-23(32(39)40)17-29(28)37(31)19-26-12-16-41-26)36-14-10-22(11-15-36)27-6-4-7-30(33-27)42-20-24-18-25-5-2-3-13-38(25)35-24/h2-9,13,17-18,21-22,26H,10-12,14-16,19-20H2,1H3,(H,39,40)/t21-,26?/m0/s1. The Morgan fingerprint density at radius 3 is 2.69 bits per heavy atom. The maximum Gasteiger partial charge on any atom is 0.335 e. The molecule has 2 atom stereocenters. The lowest BCUT2D eigenvalue weighted by Crippen LogP contribution is -2.37. The van der Waals surface area contributed by atoms with E-state index >= 15 is 0 Å². The smallest absolute Gasteiger partial charge is 0.335 e. The van der Waals surface area contributed by atoms with Crippen LogP contribution in [0.1, 0.15) is 65.7 Å². The zero-order valence-electron chi connectivity index (χ0n) is 23.6. The lowest BCUT2D eigenvalue weighted by molar-refractivity contribution is -0.0594. The van der Waals surface area contributed by atoms with E-state index in [2.05, 4.69) is 27.6 Å². The zero-order valence-corrected chi connectivity index (χ0v) is 23.6. The number of likely N-dealkylation sites (tertiary alicyclic amines) is 1. The molecule has 5 aromatic rings. The van der Waals surface area contributed by atoms with Crippen LogP contribution in [0, 0.1) is 0 Å². The number of hydrogen-bond donors (Lipinski definition) is 1. The predicted molar refractivity (Wildman–Crippen MR) is 157 cm³/mol. The average Bonchev–Trinajstić information content (AvgIpc) is 3.58. The Bertz CT molecular complexity index is 1700. The third-order valence-corrected chi connectivity index (χ3v) is 8.61. The molecule has 0 amide bonds. The van der Waals surface area contributed by atoms with Crippen LogP contribution in [-0.2, 0) is 17.9 Å². The van der Waals surface area contributed by atoms with Gasteiger partial charge in [0.1, 0.15) is 18.1 Å². The lowest BCUT2D eigenvalue weighted by atomic mass is 9.92. The number of ether oxygens (including phenoxy) is 2. The summed E-state index contributed by atoms with van der Waals surface area (Å²) in [5, 5.41) is 14.1. The SMILES string of the molecule is C[C@@H](c1nc2ccc(C(=O)O)cc2n1CC1CCO1)N1CCC(c2cccc(OCc3cc4ccccn4n3)n2)CC1. The van der Waals surface area contributed by atoms with Crippen molar-refractivity contribution >= 4 is 22.5 Å². The minimum absolute atomic E-state index is 0.0831. The van der Waals surface area contributed by atoms with Gasteiger partial charge in [-0.05, 0) is 81.7 Å². The maximum atomic E-state index is 11.7. The number of aromatic nitrogens is 5. The van der Waals surface area contributed by atoms with Crippen LogP contribution in [0.5, 0.6) is 5.88 Å². The van der Waals surface area contributed by atoms with Gasteiger partial charge in [0.25, 0.3) is 0 Å². The predicted octanol–water partition coefficient (Wildman–Crippen LogP) is 5.09. The van der Waals surface area contributed by atoms with Crippen LogP contribution in [-0.4, -0.2) is 65.9 Å². The Kier molecular flexibility index (Phi) is 7.09. The molecule has 1 N–H and O–H groups in total. The number of hydrogen-bond acceptors (Lipinski definition) is 7. The molecule has 216 valence electrons. The third kappa shape index (κ3) is 5.23. The van der Waals surface area contributed by atoms with Gasteiger partial charge in [-0.1, -0.05) is 12.1 Å². The summed E-state index contributed by atoms with van der Waals surface area (Å²) in [5.74, 6) is 1.00. The molecule has 2 aliphatic heterocycles. The molecule has 2 saturated heterocycles. The van der Waals surface area contributed by atoms with Gasteiger partial charge in [-0.3, -0.25) is 4.90 Å². The van der Waals surface area contributed by atoms with Gasteiger partial charge >= 0.3 is 5.97 Å². The van der Waals surface area contributed by atoms with E-state index in [9.17, 15) is 9.90 Å². The van der Waals surface area contributed by atoms with Crippen molar-refractivity contribution in [2.24, 2.45) is 0 Å². The van der Waals surface area contributed by atoms with E-state index in [1.165, 1.54) is 0 Å². The number of aromatic carboxylic acids is 1. The molecule has 10 heteroatoms. The molecule has 1 unspecified atom stereocenters. The summed E-state index contributed by atoms with van der Waals surface area (Å²) in [6.07, 6.45) is 5.05. The summed E-state index contributed by atoms with van der Waals surface area (Å²) >= 11 is 0. The summed E-state index contributed by atoms with van der Waals surface area (Å²) in [4.78, 5) is 24.0. The van der Waals surface area contributed by atoms with Crippen LogP contribution in [0.25, 0.3) is 16.6 Å². The van der Waals surface area contributed by atoms with Crippen molar-refractivity contribution in [2.75, 3.05) is 19.7 Å². The number of carbonyl (C=O) groups is 1. The van der Waals surface area contributed by atoms with E-state index in [0.717, 1.165) is 72.7 Å². The number of nitrogens with zero attached hydrogens (tertiary/aromatic N) is 6. The fourth-order valence-corrected chi connectivity index (χ4v) is 6.11. The molecule has 0 spiro atoms. The first-order valence-electron chi connectivity index (χ1n) is 14.6. The molecule has 0 aliphatic carbocycles. The summed E-state index contributed by atoms with van der Waals surface area (Å²) in [7, 11) is 0. The zero-order chi connectivity index (χ0) is 28.6. The normalized spacial score (nSPS) is 18.7. The van der Waals surface area contributed by atoms with Gasteiger partial charge in [0, 0.05) is 30.5 Å². The Labute approximate surface area is 243 Å². The molecule has 0 radical (unpaired) electrons. The highest BCUT2D eigenvalue weighted by atomic mass is 16.5. The second kappa shape index (κ2) is 11.2. The van der Waals surface area contributed by atoms with Crippen LogP contribution < -0.4 is 4.74 Å². The van der Waals surface area contributed by atoms with E-state index in [4.69, 9.17) is 19.4 Å². The van der Waals surface area contributed by atoms with Gasteiger partial charge < -0.3 is 19.1 Å².